The van der Waals surface area contributed by atoms with Crippen LogP contribution in [0.5, 0.6) is 0 Å². The first-order chi connectivity index (χ1) is 12.9. The third-order valence-corrected chi connectivity index (χ3v) is 10.4. The van der Waals surface area contributed by atoms with Gasteiger partial charge in [-0.3, -0.25) is 4.55 Å². The summed E-state index contributed by atoms with van der Waals surface area (Å²) in [5.41, 5.74) is -1.81. The fourth-order valence-corrected chi connectivity index (χ4v) is 8.29. The lowest BCUT2D eigenvalue weighted by Crippen LogP contribution is -2.61. The normalized spacial score (nSPS) is 38.9. The Hall–Kier alpha value is -0.890. The van der Waals surface area contributed by atoms with Gasteiger partial charge in [-0.2, -0.15) is 34.8 Å². The molecule has 4 aliphatic carbocycles. The molecule has 4 saturated carbocycles. The molecule has 0 amide bonds. The van der Waals surface area contributed by atoms with E-state index in [9.17, 15) is 43.2 Å². The van der Waals surface area contributed by atoms with Crippen molar-refractivity contribution in [2.24, 2.45) is 28.6 Å². The van der Waals surface area contributed by atoms with E-state index in [2.05, 4.69) is 0 Å². The van der Waals surface area contributed by atoms with E-state index < -0.39 is 53.3 Å². The Kier molecular flexibility index (Phi) is 3.89. The molecule has 0 radical (unpaired) electrons. The second kappa shape index (κ2) is 5.29. The van der Waals surface area contributed by atoms with Crippen LogP contribution in [0.1, 0.15) is 32.1 Å². The Morgan fingerprint density at radius 3 is 1.79 bits per heavy atom. The summed E-state index contributed by atoms with van der Waals surface area (Å²) in [6.07, 6.45) is 2.91. The molecule has 2 N–H and O–H groups in total. The maximum Gasteiger partial charge on any atom is 0.439 e. The van der Waals surface area contributed by atoms with Crippen LogP contribution in [0.3, 0.4) is 0 Å². The van der Waals surface area contributed by atoms with E-state index in [1.165, 1.54) is 0 Å². The summed E-state index contributed by atoms with van der Waals surface area (Å²) in [6, 6.07) is 0. The summed E-state index contributed by atoms with van der Waals surface area (Å²) in [5.74, 6) is -7.97. The van der Waals surface area contributed by atoms with E-state index in [0.29, 0.717) is 25.2 Å². The molecule has 6 nitrogen and oxygen atoms in total. The van der Waals surface area contributed by atoms with E-state index in [1.54, 1.807) is 0 Å². The van der Waals surface area contributed by atoms with Crippen LogP contribution >= 0.6 is 0 Å². The number of halogens is 6. The van der Waals surface area contributed by atoms with Crippen LogP contribution in [0, 0.1) is 34.0 Å². The van der Waals surface area contributed by atoms with Gasteiger partial charge in [0.2, 0.25) is 9.84 Å². The lowest BCUT2D eigenvalue weighted by molar-refractivity contribution is -0.245. The zero-order valence-electron chi connectivity index (χ0n) is 14.6. The minimum Gasteiger partial charge on any atom is -0.308 e. The van der Waals surface area contributed by atoms with Crippen molar-refractivity contribution in [2.75, 3.05) is 5.75 Å². The Morgan fingerprint density at radius 1 is 0.931 bits per heavy atom. The van der Waals surface area contributed by atoms with Gasteiger partial charge in [0.15, 0.2) is 0 Å². The molecule has 0 aromatic carbocycles. The monoisotopic (exact) mass is 469 g/mol. The van der Waals surface area contributed by atoms with E-state index in [1.807, 2.05) is 0 Å². The molecule has 0 aliphatic heterocycles. The number of fused-ring (bicyclic) bond motifs is 1. The van der Waals surface area contributed by atoms with Crippen molar-refractivity contribution in [1.29, 1.82) is 5.41 Å². The molecule has 2 bridgehead atoms. The highest BCUT2D eigenvalue weighted by atomic mass is 32.2. The van der Waals surface area contributed by atoms with Gasteiger partial charge in [-0.15, -0.1) is 0 Å². The van der Waals surface area contributed by atoms with Crippen LogP contribution < -0.4 is 0 Å². The van der Waals surface area contributed by atoms with E-state index >= 15 is 0 Å². The third kappa shape index (κ3) is 2.20. The quantitative estimate of drug-likeness (QED) is 0.338. The second-order valence-corrected chi connectivity index (χ2v) is 12.4. The average molecular weight is 469 g/mol. The standard InChI is InChI=1S/C15H17F6NO5S2/c16-13(17,15(20,21)29(25,26)27)14(18,19)28(23,24)5-10(22)11-3-8-1-7-2-9(4-11)12(7,8)6-11/h7-9,22H,1-6H2,(H,25,26,27). The molecule has 0 aromatic rings. The first kappa shape index (κ1) is 21.3. The topological polar surface area (TPSA) is 112 Å². The summed E-state index contributed by atoms with van der Waals surface area (Å²) in [4.78, 5) is 0. The van der Waals surface area contributed by atoms with Crippen molar-refractivity contribution in [3.8, 4) is 0 Å². The van der Waals surface area contributed by atoms with Crippen LogP contribution in [0.4, 0.5) is 26.3 Å². The minimum atomic E-state index is -7.05. The summed E-state index contributed by atoms with van der Waals surface area (Å²) in [5, 5.41) is -5.20. The van der Waals surface area contributed by atoms with Crippen LogP contribution in [-0.2, 0) is 20.0 Å². The molecule has 2 unspecified atom stereocenters. The Bertz CT molecular complexity index is 992. The van der Waals surface area contributed by atoms with E-state index in [0.717, 1.165) is 12.8 Å². The van der Waals surface area contributed by atoms with Gasteiger partial charge in [-0.1, -0.05) is 0 Å². The first-order valence-corrected chi connectivity index (χ1v) is 11.9. The van der Waals surface area contributed by atoms with Gasteiger partial charge in [0.1, 0.15) is 0 Å². The largest absolute Gasteiger partial charge is 0.439 e. The maximum atomic E-state index is 14.1. The SMILES string of the molecule is N=C(CS(=O)(=O)C(F)(F)C(F)(F)C(F)(F)S(=O)(=O)O)C12CC3CC4CC(C1)C43C2. The number of sulfone groups is 1. The number of rotatable bonds is 7. The maximum absolute atomic E-state index is 14.1. The van der Waals surface area contributed by atoms with Gasteiger partial charge in [-0.25, -0.2) is 8.42 Å². The Morgan fingerprint density at radius 2 is 1.41 bits per heavy atom. The molecule has 0 heterocycles. The van der Waals surface area contributed by atoms with Crippen molar-refractivity contribution < 1.29 is 47.7 Å². The van der Waals surface area contributed by atoms with Crippen LogP contribution in [0.15, 0.2) is 0 Å². The zero-order valence-corrected chi connectivity index (χ0v) is 16.3. The van der Waals surface area contributed by atoms with Gasteiger partial charge in [0.05, 0.1) is 5.75 Å². The van der Waals surface area contributed by atoms with Crippen molar-refractivity contribution >= 4 is 25.7 Å². The molecule has 0 aromatic heterocycles. The average Bonchev–Trinajstić information content (AvgIpc) is 3.00. The molecule has 29 heavy (non-hydrogen) atoms. The Balaban J connectivity index is 1.61. The highest BCUT2D eigenvalue weighted by Gasteiger charge is 2.82. The van der Waals surface area contributed by atoms with Gasteiger partial charge < -0.3 is 5.41 Å². The van der Waals surface area contributed by atoms with Crippen LogP contribution in [0.25, 0.3) is 0 Å². The molecule has 2 atom stereocenters. The molecule has 14 heteroatoms. The van der Waals surface area contributed by atoms with Gasteiger partial charge in [0, 0.05) is 11.1 Å². The van der Waals surface area contributed by atoms with Crippen molar-refractivity contribution in [2.45, 2.75) is 48.5 Å². The number of hydrogen-bond acceptors (Lipinski definition) is 5. The summed E-state index contributed by atoms with van der Waals surface area (Å²) < 4.78 is 135. The van der Waals surface area contributed by atoms with E-state index in [4.69, 9.17) is 9.96 Å². The van der Waals surface area contributed by atoms with Crippen LogP contribution in [-0.4, -0.2) is 49.3 Å². The second-order valence-electron chi connectivity index (χ2n) is 8.86. The summed E-state index contributed by atoms with van der Waals surface area (Å²) in [7, 11) is -13.5. The molecule has 0 saturated heterocycles. The van der Waals surface area contributed by atoms with Crippen LogP contribution in [0.2, 0.25) is 0 Å². The Labute approximate surface area is 162 Å². The minimum absolute atomic E-state index is 0.0412. The molecule has 4 fully saturated rings. The number of alkyl halides is 6. The lowest BCUT2D eigenvalue weighted by Gasteiger charge is -2.66. The van der Waals surface area contributed by atoms with Gasteiger partial charge >= 0.3 is 26.5 Å². The molecular weight excluding hydrogens is 452 g/mol. The highest BCUT2D eigenvalue weighted by molar-refractivity contribution is 7.93. The number of nitrogens with one attached hydrogen (secondary N) is 1. The molecule has 4 rings (SSSR count). The first-order valence-electron chi connectivity index (χ1n) is 8.76. The predicted octanol–water partition coefficient (Wildman–Crippen LogP) is 2.96. The number of hydrogen-bond donors (Lipinski definition) is 2. The fourth-order valence-electron chi connectivity index (χ4n) is 6.39. The summed E-state index contributed by atoms with van der Waals surface area (Å²) in [6.45, 7) is 0. The van der Waals surface area contributed by atoms with E-state index in [-0.39, 0.29) is 17.3 Å². The van der Waals surface area contributed by atoms with Gasteiger partial charge in [0.25, 0.3) is 0 Å². The van der Waals surface area contributed by atoms with Crippen molar-refractivity contribution in [3.05, 3.63) is 0 Å². The lowest BCUT2D eigenvalue weighted by atomic mass is 9.38. The van der Waals surface area contributed by atoms with Crippen molar-refractivity contribution in [1.82, 2.24) is 0 Å². The predicted molar refractivity (Wildman–Crippen MR) is 86.3 cm³/mol. The fraction of sp³-hybridized carbons (Fsp3) is 0.933. The molecule has 1 spiro atoms. The van der Waals surface area contributed by atoms with Gasteiger partial charge in [-0.05, 0) is 55.3 Å². The highest BCUT2D eigenvalue weighted by Crippen LogP contribution is 2.84. The smallest absolute Gasteiger partial charge is 0.308 e. The zero-order chi connectivity index (χ0) is 22.1. The summed E-state index contributed by atoms with van der Waals surface area (Å²) >= 11 is 0. The van der Waals surface area contributed by atoms with Crippen molar-refractivity contribution in [3.63, 3.8) is 0 Å². The molecule has 166 valence electrons. The third-order valence-electron chi connectivity index (χ3n) is 7.76. The molecule has 4 aliphatic rings. The molecular formula is C15H17F6NO5S2.